The Balaban J connectivity index is 0.000000437. The molecule has 0 atom stereocenters. The van der Waals surface area contributed by atoms with E-state index in [1.165, 1.54) is 5.56 Å². The maximum absolute atomic E-state index is 5.53. The van der Waals surface area contributed by atoms with Gasteiger partial charge in [-0.2, -0.15) is 0 Å². The van der Waals surface area contributed by atoms with E-state index in [0.29, 0.717) is 5.89 Å². The average molecular weight is 245 g/mol. The van der Waals surface area contributed by atoms with Gasteiger partial charge in [-0.3, -0.25) is 0 Å². The summed E-state index contributed by atoms with van der Waals surface area (Å²) in [6.07, 6.45) is 0. The minimum absolute atomic E-state index is 0.708. The molecule has 0 unspecified atom stereocenters. The molecule has 0 saturated heterocycles. The van der Waals surface area contributed by atoms with Gasteiger partial charge in [-0.1, -0.05) is 17.7 Å². The zero-order valence-corrected chi connectivity index (χ0v) is 11.0. The number of hydrogen-bond donors (Lipinski definition) is 1. The van der Waals surface area contributed by atoms with Crippen LogP contribution in [0.15, 0.2) is 33.0 Å². The first-order valence-corrected chi connectivity index (χ1v) is 5.54. The van der Waals surface area contributed by atoms with Gasteiger partial charge in [0.1, 0.15) is 5.76 Å². The van der Waals surface area contributed by atoms with Crippen LogP contribution in [0.1, 0.15) is 17.0 Å². The van der Waals surface area contributed by atoms with Crippen LogP contribution < -0.4 is 0 Å². The van der Waals surface area contributed by atoms with Gasteiger partial charge in [0, 0.05) is 5.56 Å². The van der Waals surface area contributed by atoms with Crippen molar-refractivity contribution >= 4 is 20.5 Å². The van der Waals surface area contributed by atoms with Crippen LogP contribution in [0.5, 0.6) is 0 Å². The molecule has 0 saturated carbocycles. The maximum atomic E-state index is 5.53. The van der Waals surface area contributed by atoms with Gasteiger partial charge in [-0.25, -0.2) is 4.98 Å². The van der Waals surface area contributed by atoms with Crippen molar-refractivity contribution in [2.24, 2.45) is 4.30 Å². The van der Waals surface area contributed by atoms with Crippen molar-refractivity contribution < 1.29 is 4.42 Å². The summed E-state index contributed by atoms with van der Waals surface area (Å²) in [6.45, 7) is 5.95. The summed E-state index contributed by atoms with van der Waals surface area (Å²) < 4.78 is 8.22. The van der Waals surface area contributed by atoms with Gasteiger partial charge in [0.15, 0.2) is 0 Å². The number of oxazole rings is 1. The second-order valence-electron chi connectivity index (χ2n) is 3.64. The number of hydrogen-bond acceptors (Lipinski definition) is 4. The van der Waals surface area contributed by atoms with Crippen LogP contribution in [0.2, 0.25) is 0 Å². The Bertz CT molecular complexity index is 474. The second kappa shape index (κ2) is 6.40. The van der Waals surface area contributed by atoms with E-state index in [0.717, 1.165) is 17.0 Å². The third-order valence-electron chi connectivity index (χ3n) is 2.33. The van der Waals surface area contributed by atoms with Gasteiger partial charge in [-0.15, -0.1) is 0 Å². The average Bonchev–Trinajstić information content (AvgIpc) is 2.61. The first-order chi connectivity index (χ1) is 8.08. The molecule has 0 aliphatic rings. The summed E-state index contributed by atoms with van der Waals surface area (Å²) in [5.41, 5.74) is 3.24. The van der Waals surface area contributed by atoms with Crippen molar-refractivity contribution in [3.05, 3.63) is 41.3 Å². The molecule has 0 amide bonds. The van der Waals surface area contributed by atoms with Gasteiger partial charge in [0.05, 0.1) is 5.69 Å². The first-order valence-electron chi connectivity index (χ1n) is 5.14. The normalized spacial score (nSPS) is 9.35. The molecule has 1 aromatic carbocycles. The summed E-state index contributed by atoms with van der Waals surface area (Å²) in [6, 6.07) is 8.18. The number of rotatable bonds is 1. The molecule has 1 radical (unpaired) electrons. The molecule has 87 valence electrons. The zero-order valence-electron chi connectivity index (χ0n) is 10.1. The Morgan fingerprint density at radius 3 is 2.12 bits per heavy atom. The van der Waals surface area contributed by atoms with Gasteiger partial charge < -0.3 is 4.42 Å². The molecule has 0 aliphatic heterocycles. The standard InChI is InChI=1S/C12H13NO.BHNS/c1-8-4-6-11(7-5-8)12-13-9(2)10(3)14-12;1-2-3/h4-7H,1-3H3;3H. The van der Waals surface area contributed by atoms with Crippen LogP contribution in [0.3, 0.4) is 0 Å². The summed E-state index contributed by atoms with van der Waals surface area (Å²) in [5, 5.41) is 0. The second-order valence-corrected chi connectivity index (χ2v) is 3.87. The Morgan fingerprint density at radius 1 is 1.18 bits per heavy atom. The van der Waals surface area contributed by atoms with Gasteiger partial charge in [0.25, 0.3) is 0 Å². The van der Waals surface area contributed by atoms with Crippen molar-refractivity contribution in [1.29, 1.82) is 0 Å². The fourth-order valence-electron chi connectivity index (χ4n) is 1.29. The Hall–Kier alpha value is -1.36. The summed E-state index contributed by atoms with van der Waals surface area (Å²) in [5.74, 6) is 1.60. The summed E-state index contributed by atoms with van der Waals surface area (Å²) in [4.78, 5) is 4.34. The predicted molar refractivity (Wildman–Crippen MR) is 73.3 cm³/mol. The van der Waals surface area contributed by atoms with Gasteiger partial charge >= 0.3 is 24.8 Å². The third kappa shape index (κ3) is 3.86. The molecular weight excluding hydrogens is 231 g/mol. The molecule has 0 bridgehead atoms. The van der Waals surface area contributed by atoms with Crippen molar-refractivity contribution in [3.8, 4) is 11.5 Å². The van der Waals surface area contributed by atoms with E-state index in [-0.39, 0.29) is 0 Å². The van der Waals surface area contributed by atoms with Crippen LogP contribution in [0.25, 0.3) is 11.5 Å². The van der Waals surface area contributed by atoms with Crippen molar-refractivity contribution in [2.45, 2.75) is 20.8 Å². The molecule has 0 fully saturated rings. The van der Waals surface area contributed by atoms with E-state index in [2.05, 4.69) is 48.8 Å². The van der Waals surface area contributed by atoms with E-state index in [4.69, 9.17) is 4.42 Å². The number of thiol groups is 1. The fraction of sp³-hybridized carbons (Fsp3) is 0.250. The molecule has 2 rings (SSSR count). The number of nitrogens with zero attached hydrogens (tertiary/aromatic N) is 2. The van der Waals surface area contributed by atoms with E-state index in [1.54, 1.807) is 0 Å². The van der Waals surface area contributed by atoms with E-state index < -0.39 is 0 Å². The molecule has 0 spiro atoms. The Kier molecular flexibility index (Phi) is 5.16. The fourth-order valence-corrected chi connectivity index (χ4v) is 1.29. The van der Waals surface area contributed by atoms with Crippen molar-refractivity contribution in [3.63, 3.8) is 0 Å². The third-order valence-corrected chi connectivity index (χ3v) is 2.33. The van der Waals surface area contributed by atoms with Gasteiger partial charge in [0.2, 0.25) is 5.89 Å². The number of benzene rings is 1. The van der Waals surface area contributed by atoms with Crippen LogP contribution in [0, 0.1) is 20.8 Å². The quantitative estimate of drug-likeness (QED) is 0.617. The van der Waals surface area contributed by atoms with Crippen molar-refractivity contribution in [1.82, 2.24) is 4.98 Å². The molecule has 0 N–H and O–H groups in total. The van der Waals surface area contributed by atoms with Crippen molar-refractivity contribution in [2.75, 3.05) is 0 Å². The zero-order chi connectivity index (χ0) is 12.8. The van der Waals surface area contributed by atoms with Crippen LogP contribution >= 0.6 is 12.8 Å². The van der Waals surface area contributed by atoms with E-state index >= 15 is 0 Å². The molecule has 3 nitrogen and oxygen atoms in total. The molecule has 5 heteroatoms. The van der Waals surface area contributed by atoms with Crippen LogP contribution in [-0.4, -0.2) is 12.6 Å². The SMILES string of the molecule is Cc1ccc(-c2nc(C)c(C)o2)cc1.[B]=NS. The topological polar surface area (TPSA) is 38.4 Å². The molecule has 1 aromatic heterocycles. The first kappa shape index (κ1) is 13.7. The predicted octanol–water partition coefficient (Wildman–Crippen LogP) is 3.45. The Labute approximate surface area is 108 Å². The number of aryl methyl sites for hydroxylation is 3. The Morgan fingerprint density at radius 2 is 1.71 bits per heavy atom. The summed E-state index contributed by atoms with van der Waals surface area (Å²) >= 11 is 3.19. The molecular formula is C12H14BN2OS. The summed E-state index contributed by atoms with van der Waals surface area (Å²) in [7, 11) is 4.34. The minimum atomic E-state index is 0.708. The number of aromatic nitrogens is 1. The van der Waals surface area contributed by atoms with Gasteiger partial charge in [-0.05, 0) is 32.9 Å². The van der Waals surface area contributed by atoms with Crippen LogP contribution in [0.4, 0.5) is 0 Å². The molecule has 17 heavy (non-hydrogen) atoms. The van der Waals surface area contributed by atoms with Crippen LogP contribution in [-0.2, 0) is 0 Å². The van der Waals surface area contributed by atoms with E-state index in [9.17, 15) is 0 Å². The monoisotopic (exact) mass is 245 g/mol. The molecule has 0 aliphatic carbocycles. The molecule has 1 heterocycles. The van der Waals surface area contributed by atoms with E-state index in [1.807, 2.05) is 26.0 Å². The molecule has 2 aromatic rings.